The molecule has 0 saturated heterocycles. The summed E-state index contributed by atoms with van der Waals surface area (Å²) in [4.78, 5) is 21.9. The van der Waals surface area contributed by atoms with Crippen LogP contribution in [0.15, 0.2) is 36.4 Å². The number of halogens is 2. The molecule has 1 amide bonds. The van der Waals surface area contributed by atoms with Crippen LogP contribution in [-0.2, 0) is 4.79 Å². The highest BCUT2D eigenvalue weighted by Crippen LogP contribution is 2.35. The second-order valence-corrected chi connectivity index (χ2v) is 8.46. The molecule has 9 heteroatoms. The number of amides is 1. The molecule has 0 saturated carbocycles. The number of hydrogen-bond acceptors (Lipinski definition) is 6. The molecule has 2 aromatic carbocycles. The summed E-state index contributed by atoms with van der Waals surface area (Å²) in [6.45, 7) is 9.25. The van der Waals surface area contributed by atoms with E-state index in [9.17, 15) is 4.79 Å². The van der Waals surface area contributed by atoms with Crippen molar-refractivity contribution in [1.29, 1.82) is 0 Å². The maximum atomic E-state index is 13.2. The molecular formula is C23H29Cl2N3O3S. The van der Waals surface area contributed by atoms with Crippen molar-refractivity contribution in [2.45, 2.75) is 20.8 Å². The van der Waals surface area contributed by atoms with Gasteiger partial charge in [0.05, 0.1) is 22.3 Å². The standard InChI is InChI=1S/C23H28ClN3O3S.ClH/c1-5-26(6-2)12-13-27(20(28)15-30-18-9-7-8-17(14-18)29-4)23-25-21-16(3)10-11-19(24)22(21)31-23;/h7-11,14H,5-6,12-13,15H2,1-4H3;1H. The summed E-state index contributed by atoms with van der Waals surface area (Å²) in [5.74, 6) is 1.11. The van der Waals surface area contributed by atoms with Crippen LogP contribution in [0.25, 0.3) is 10.2 Å². The number of aromatic nitrogens is 1. The highest BCUT2D eigenvalue weighted by atomic mass is 35.5. The first kappa shape index (κ1) is 26.2. The van der Waals surface area contributed by atoms with Crippen LogP contribution in [0.5, 0.6) is 11.5 Å². The number of likely N-dealkylation sites (N-methyl/N-ethyl adjacent to an activating group) is 1. The van der Waals surface area contributed by atoms with E-state index in [2.05, 4.69) is 18.7 Å². The summed E-state index contributed by atoms with van der Waals surface area (Å²) in [7, 11) is 1.60. The number of benzene rings is 2. The molecule has 6 nitrogen and oxygen atoms in total. The summed E-state index contributed by atoms with van der Waals surface area (Å²) in [5.41, 5.74) is 1.87. The van der Waals surface area contributed by atoms with Gasteiger partial charge in [-0.3, -0.25) is 9.69 Å². The number of aryl methyl sites for hydroxylation is 1. The van der Waals surface area contributed by atoms with Gasteiger partial charge in [0.15, 0.2) is 11.7 Å². The monoisotopic (exact) mass is 497 g/mol. The summed E-state index contributed by atoms with van der Waals surface area (Å²) < 4.78 is 11.9. The predicted molar refractivity (Wildman–Crippen MR) is 135 cm³/mol. The third kappa shape index (κ3) is 6.25. The second kappa shape index (κ2) is 12.3. The predicted octanol–water partition coefficient (Wildman–Crippen LogP) is 5.44. The summed E-state index contributed by atoms with van der Waals surface area (Å²) >= 11 is 7.83. The van der Waals surface area contributed by atoms with Gasteiger partial charge in [0.2, 0.25) is 0 Å². The Bertz CT molecular complexity index is 1000. The van der Waals surface area contributed by atoms with E-state index in [-0.39, 0.29) is 24.9 Å². The maximum Gasteiger partial charge on any atom is 0.266 e. The minimum absolute atomic E-state index is 0. The SMILES string of the molecule is CCN(CC)CCN(C(=O)COc1cccc(OC)c1)c1nc2c(C)ccc(Cl)c2s1.Cl. The first-order chi connectivity index (χ1) is 15.0. The molecular weight excluding hydrogens is 469 g/mol. The molecule has 0 aliphatic rings. The molecule has 3 aromatic rings. The number of nitrogens with zero attached hydrogens (tertiary/aromatic N) is 3. The zero-order valence-electron chi connectivity index (χ0n) is 18.8. The Labute approximate surface area is 204 Å². The summed E-state index contributed by atoms with van der Waals surface area (Å²) in [5, 5.41) is 1.28. The van der Waals surface area contributed by atoms with E-state index in [1.165, 1.54) is 11.3 Å². The largest absolute Gasteiger partial charge is 0.497 e. The van der Waals surface area contributed by atoms with Crippen molar-refractivity contribution in [3.8, 4) is 11.5 Å². The van der Waals surface area contributed by atoms with Gasteiger partial charge >= 0.3 is 0 Å². The van der Waals surface area contributed by atoms with Crippen molar-refractivity contribution < 1.29 is 14.3 Å². The number of ether oxygens (including phenoxy) is 2. The van der Waals surface area contributed by atoms with Crippen LogP contribution in [0, 0.1) is 6.92 Å². The lowest BCUT2D eigenvalue weighted by Gasteiger charge is -2.24. The lowest BCUT2D eigenvalue weighted by molar-refractivity contribution is -0.120. The molecule has 174 valence electrons. The van der Waals surface area contributed by atoms with Crippen molar-refractivity contribution in [1.82, 2.24) is 9.88 Å². The average molecular weight is 498 g/mol. The number of hydrogen-bond donors (Lipinski definition) is 0. The molecule has 1 heterocycles. The zero-order valence-corrected chi connectivity index (χ0v) is 21.1. The van der Waals surface area contributed by atoms with E-state index in [0.717, 1.165) is 35.4 Å². The van der Waals surface area contributed by atoms with Gasteiger partial charge in [-0.05, 0) is 43.8 Å². The minimum atomic E-state index is -0.150. The summed E-state index contributed by atoms with van der Waals surface area (Å²) in [6.07, 6.45) is 0. The van der Waals surface area contributed by atoms with Gasteiger partial charge in [-0.2, -0.15) is 0 Å². The third-order valence-electron chi connectivity index (χ3n) is 5.16. The number of carbonyl (C=O) groups is 1. The average Bonchev–Trinajstić information content (AvgIpc) is 3.24. The normalized spacial score (nSPS) is 10.8. The Morgan fingerprint density at radius 1 is 1.12 bits per heavy atom. The molecule has 0 bridgehead atoms. The topological polar surface area (TPSA) is 54.9 Å². The third-order valence-corrected chi connectivity index (χ3v) is 6.69. The molecule has 3 rings (SSSR count). The fourth-order valence-corrected chi connectivity index (χ4v) is 4.59. The molecule has 0 unspecified atom stereocenters. The van der Waals surface area contributed by atoms with Crippen LogP contribution in [0.2, 0.25) is 5.02 Å². The smallest absolute Gasteiger partial charge is 0.266 e. The molecule has 0 aliphatic carbocycles. The fraction of sp³-hybridized carbons (Fsp3) is 0.391. The van der Waals surface area contributed by atoms with Gasteiger partial charge in [-0.25, -0.2) is 4.98 Å². The van der Waals surface area contributed by atoms with Crippen molar-refractivity contribution in [3.63, 3.8) is 0 Å². The Morgan fingerprint density at radius 3 is 2.50 bits per heavy atom. The quantitative estimate of drug-likeness (QED) is 0.373. The number of anilines is 1. The molecule has 0 N–H and O–H groups in total. The number of carbonyl (C=O) groups excluding carboxylic acids is 1. The van der Waals surface area contributed by atoms with Gasteiger partial charge < -0.3 is 14.4 Å². The molecule has 0 fully saturated rings. The Balaban J connectivity index is 0.00000363. The highest BCUT2D eigenvalue weighted by Gasteiger charge is 2.22. The lowest BCUT2D eigenvalue weighted by atomic mass is 10.2. The van der Waals surface area contributed by atoms with Crippen molar-refractivity contribution in [2.24, 2.45) is 0 Å². The minimum Gasteiger partial charge on any atom is -0.497 e. The Kier molecular flexibility index (Phi) is 10.0. The Hall–Kier alpha value is -2.06. The zero-order chi connectivity index (χ0) is 22.4. The number of fused-ring (bicyclic) bond motifs is 1. The van der Waals surface area contributed by atoms with E-state index < -0.39 is 0 Å². The molecule has 0 radical (unpaired) electrons. The second-order valence-electron chi connectivity index (χ2n) is 7.08. The first-order valence-electron chi connectivity index (χ1n) is 10.3. The molecule has 0 spiro atoms. The van der Waals surface area contributed by atoms with E-state index in [4.69, 9.17) is 26.1 Å². The van der Waals surface area contributed by atoms with Crippen LogP contribution in [0.4, 0.5) is 5.13 Å². The van der Waals surface area contributed by atoms with Crippen LogP contribution in [0.3, 0.4) is 0 Å². The first-order valence-corrected chi connectivity index (χ1v) is 11.5. The molecule has 32 heavy (non-hydrogen) atoms. The summed E-state index contributed by atoms with van der Waals surface area (Å²) in [6, 6.07) is 11.0. The van der Waals surface area contributed by atoms with Crippen LogP contribution in [0.1, 0.15) is 19.4 Å². The van der Waals surface area contributed by atoms with Crippen molar-refractivity contribution in [3.05, 3.63) is 47.0 Å². The van der Waals surface area contributed by atoms with Crippen LogP contribution in [-0.4, -0.2) is 55.7 Å². The van der Waals surface area contributed by atoms with Crippen molar-refractivity contribution >= 4 is 56.6 Å². The number of methoxy groups -OCH3 is 1. The van der Waals surface area contributed by atoms with Gasteiger partial charge in [0, 0.05) is 19.2 Å². The number of rotatable bonds is 10. The lowest BCUT2D eigenvalue weighted by Crippen LogP contribution is -2.41. The molecule has 0 aliphatic heterocycles. The van der Waals surface area contributed by atoms with E-state index in [1.807, 2.05) is 31.2 Å². The van der Waals surface area contributed by atoms with E-state index in [1.54, 1.807) is 24.1 Å². The highest BCUT2D eigenvalue weighted by molar-refractivity contribution is 7.23. The van der Waals surface area contributed by atoms with Crippen LogP contribution >= 0.6 is 35.3 Å². The maximum absolute atomic E-state index is 13.2. The fourth-order valence-electron chi connectivity index (χ4n) is 3.23. The Morgan fingerprint density at radius 2 is 1.84 bits per heavy atom. The van der Waals surface area contributed by atoms with Gasteiger partial charge in [-0.15, -0.1) is 12.4 Å². The number of thiazole rings is 1. The molecule has 0 atom stereocenters. The van der Waals surface area contributed by atoms with Gasteiger partial charge in [-0.1, -0.05) is 48.9 Å². The van der Waals surface area contributed by atoms with E-state index >= 15 is 0 Å². The van der Waals surface area contributed by atoms with Crippen molar-refractivity contribution in [2.75, 3.05) is 44.8 Å². The van der Waals surface area contributed by atoms with E-state index in [0.29, 0.717) is 28.2 Å². The van der Waals surface area contributed by atoms with Gasteiger partial charge in [0.25, 0.3) is 5.91 Å². The van der Waals surface area contributed by atoms with Gasteiger partial charge in [0.1, 0.15) is 11.5 Å². The molecule has 1 aromatic heterocycles. The van der Waals surface area contributed by atoms with Crippen LogP contribution < -0.4 is 14.4 Å².